The van der Waals surface area contributed by atoms with E-state index in [1.54, 1.807) is 11.3 Å². The number of carbonyl (C=O) groups is 1. The van der Waals surface area contributed by atoms with Crippen LogP contribution in [-0.4, -0.2) is 10.8 Å². The summed E-state index contributed by atoms with van der Waals surface area (Å²) in [7, 11) is 0. The molecule has 0 bridgehead atoms. The molecule has 2 aromatic rings. The maximum Gasteiger partial charge on any atom is 0.136 e. The lowest BCUT2D eigenvalue weighted by atomic mass is 9.68. The Morgan fingerprint density at radius 3 is 2.76 bits per heavy atom. The molecule has 0 aliphatic heterocycles. The summed E-state index contributed by atoms with van der Waals surface area (Å²) in [5.74, 6) is 1.26. The first kappa shape index (κ1) is 14.7. The van der Waals surface area contributed by atoms with Crippen LogP contribution in [0.1, 0.15) is 45.0 Å². The van der Waals surface area contributed by atoms with Crippen molar-refractivity contribution in [2.45, 2.75) is 46.5 Å². The second kappa shape index (κ2) is 5.53. The Bertz CT molecular complexity index is 620. The number of para-hydroxylation sites is 1. The van der Waals surface area contributed by atoms with Crippen LogP contribution in [-0.2, 0) is 11.2 Å². The summed E-state index contributed by atoms with van der Waals surface area (Å²) in [5, 5.41) is 1.11. The molecular formula is C18H23NOS. The predicted octanol–water partition coefficient (Wildman–Crippen LogP) is 4.87. The zero-order valence-electron chi connectivity index (χ0n) is 13.1. The number of hydrogen-bond donors (Lipinski definition) is 0. The summed E-state index contributed by atoms with van der Waals surface area (Å²) < 4.78 is 1.23. The van der Waals surface area contributed by atoms with Crippen LogP contribution in [0.3, 0.4) is 0 Å². The summed E-state index contributed by atoms with van der Waals surface area (Å²) in [6.45, 7) is 6.88. The number of ketones is 1. The Balaban J connectivity index is 1.77. The highest BCUT2D eigenvalue weighted by molar-refractivity contribution is 7.18. The minimum Gasteiger partial charge on any atom is -0.299 e. The molecule has 2 atom stereocenters. The number of nitrogens with zero attached hydrogens (tertiary/aromatic N) is 1. The van der Waals surface area contributed by atoms with Crippen LogP contribution in [0.25, 0.3) is 10.2 Å². The third-order valence-electron chi connectivity index (χ3n) is 4.75. The predicted molar refractivity (Wildman–Crippen MR) is 88.6 cm³/mol. The summed E-state index contributed by atoms with van der Waals surface area (Å²) in [6.07, 6.45) is 3.65. The molecule has 0 spiro atoms. The number of hydrogen-bond acceptors (Lipinski definition) is 3. The van der Waals surface area contributed by atoms with E-state index in [-0.39, 0.29) is 5.92 Å². The highest BCUT2D eigenvalue weighted by Gasteiger charge is 2.35. The van der Waals surface area contributed by atoms with Crippen molar-refractivity contribution >= 4 is 27.3 Å². The highest BCUT2D eigenvalue weighted by Crippen LogP contribution is 2.40. The third-order valence-corrected chi connectivity index (χ3v) is 5.81. The van der Waals surface area contributed by atoms with Gasteiger partial charge in [0.25, 0.3) is 0 Å². The highest BCUT2D eigenvalue weighted by atomic mass is 32.1. The van der Waals surface area contributed by atoms with Crippen molar-refractivity contribution in [2.24, 2.45) is 17.3 Å². The zero-order valence-corrected chi connectivity index (χ0v) is 13.9. The molecule has 3 rings (SSSR count). The van der Waals surface area contributed by atoms with E-state index in [0.717, 1.165) is 36.2 Å². The third kappa shape index (κ3) is 3.18. The lowest BCUT2D eigenvalue weighted by molar-refractivity contribution is -0.126. The molecular weight excluding hydrogens is 278 g/mol. The van der Waals surface area contributed by atoms with E-state index < -0.39 is 0 Å². The van der Waals surface area contributed by atoms with Crippen molar-refractivity contribution in [2.75, 3.05) is 0 Å². The fraction of sp³-hybridized carbons (Fsp3) is 0.556. The van der Waals surface area contributed by atoms with Gasteiger partial charge in [-0.15, -0.1) is 11.3 Å². The van der Waals surface area contributed by atoms with Gasteiger partial charge in [0.1, 0.15) is 5.78 Å². The molecule has 112 valence electrons. The normalized spacial score (nSPS) is 23.7. The number of Topliss-reactive ketones (excluding diaryl/α,β-unsaturated/α-hetero) is 1. The Morgan fingerprint density at radius 1 is 1.29 bits per heavy atom. The first-order valence-electron chi connectivity index (χ1n) is 7.80. The largest absolute Gasteiger partial charge is 0.299 e. The van der Waals surface area contributed by atoms with E-state index in [0.29, 0.717) is 17.1 Å². The smallest absolute Gasteiger partial charge is 0.136 e. The molecule has 0 N–H and O–H groups in total. The fourth-order valence-electron chi connectivity index (χ4n) is 3.32. The lowest BCUT2D eigenvalue weighted by Crippen LogP contribution is -2.33. The van der Waals surface area contributed by atoms with Gasteiger partial charge in [-0.1, -0.05) is 32.9 Å². The zero-order chi connectivity index (χ0) is 15.0. The number of rotatable bonds is 2. The van der Waals surface area contributed by atoms with Gasteiger partial charge in [-0.25, -0.2) is 4.98 Å². The minimum absolute atomic E-state index is 0.170. The Hall–Kier alpha value is -1.22. The van der Waals surface area contributed by atoms with Gasteiger partial charge in [0.05, 0.1) is 15.2 Å². The summed E-state index contributed by atoms with van der Waals surface area (Å²) in [6, 6.07) is 8.23. The monoisotopic (exact) mass is 301 g/mol. The van der Waals surface area contributed by atoms with Gasteiger partial charge >= 0.3 is 0 Å². The van der Waals surface area contributed by atoms with Crippen LogP contribution in [0.5, 0.6) is 0 Å². The van der Waals surface area contributed by atoms with E-state index in [1.807, 2.05) is 12.1 Å². The first-order chi connectivity index (χ1) is 9.93. The van der Waals surface area contributed by atoms with E-state index in [2.05, 4.69) is 32.9 Å². The van der Waals surface area contributed by atoms with Gasteiger partial charge in [0.15, 0.2) is 0 Å². The number of aromatic nitrogens is 1. The van der Waals surface area contributed by atoms with E-state index in [4.69, 9.17) is 4.98 Å². The van der Waals surface area contributed by atoms with E-state index >= 15 is 0 Å². The SMILES string of the molecule is CC(C)(C)C1CCC(=O)C(Cc2nc3ccccc3s2)C1. The van der Waals surface area contributed by atoms with Crippen LogP contribution < -0.4 is 0 Å². The maximum atomic E-state index is 12.3. The van der Waals surface area contributed by atoms with Crippen molar-refractivity contribution < 1.29 is 4.79 Å². The van der Waals surface area contributed by atoms with Crippen LogP contribution in [0.2, 0.25) is 0 Å². The minimum atomic E-state index is 0.170. The molecule has 0 radical (unpaired) electrons. The fourth-order valence-corrected chi connectivity index (χ4v) is 4.36. The summed E-state index contributed by atoms with van der Waals surface area (Å²) >= 11 is 1.74. The lowest BCUT2D eigenvalue weighted by Gasteiger charge is -2.36. The Kier molecular flexibility index (Phi) is 3.87. The molecule has 1 aliphatic carbocycles. The van der Waals surface area contributed by atoms with Crippen LogP contribution in [0, 0.1) is 17.3 Å². The summed E-state index contributed by atoms with van der Waals surface area (Å²) in [4.78, 5) is 17.0. The van der Waals surface area contributed by atoms with Crippen molar-refractivity contribution in [3.8, 4) is 0 Å². The molecule has 0 saturated heterocycles. The second-order valence-electron chi connectivity index (χ2n) is 7.28. The average Bonchev–Trinajstić information content (AvgIpc) is 2.82. The van der Waals surface area contributed by atoms with Crippen LogP contribution >= 0.6 is 11.3 Å². The molecule has 21 heavy (non-hydrogen) atoms. The second-order valence-corrected chi connectivity index (χ2v) is 8.40. The topological polar surface area (TPSA) is 30.0 Å². The molecule has 1 fully saturated rings. The molecule has 1 aliphatic rings. The molecule has 1 heterocycles. The Labute approximate surface area is 130 Å². The first-order valence-corrected chi connectivity index (χ1v) is 8.62. The average molecular weight is 301 g/mol. The van der Waals surface area contributed by atoms with Gasteiger partial charge in [-0.2, -0.15) is 0 Å². The van der Waals surface area contributed by atoms with Gasteiger partial charge in [0.2, 0.25) is 0 Å². The number of thiazole rings is 1. The molecule has 2 nitrogen and oxygen atoms in total. The van der Waals surface area contributed by atoms with Crippen molar-refractivity contribution in [3.05, 3.63) is 29.3 Å². The van der Waals surface area contributed by atoms with Crippen molar-refractivity contribution in [1.29, 1.82) is 0 Å². The van der Waals surface area contributed by atoms with E-state index in [9.17, 15) is 4.79 Å². The van der Waals surface area contributed by atoms with Gasteiger partial charge < -0.3 is 0 Å². The molecule has 0 amide bonds. The number of carbonyl (C=O) groups excluding carboxylic acids is 1. The van der Waals surface area contributed by atoms with Gasteiger partial charge in [-0.3, -0.25) is 4.79 Å². The number of benzene rings is 1. The van der Waals surface area contributed by atoms with Crippen molar-refractivity contribution in [1.82, 2.24) is 4.98 Å². The van der Waals surface area contributed by atoms with Crippen LogP contribution in [0.4, 0.5) is 0 Å². The molecule has 1 aromatic heterocycles. The Morgan fingerprint density at radius 2 is 2.05 bits per heavy atom. The molecule has 2 unspecified atom stereocenters. The quantitative estimate of drug-likeness (QED) is 0.792. The maximum absolute atomic E-state index is 12.3. The van der Waals surface area contributed by atoms with Crippen LogP contribution in [0.15, 0.2) is 24.3 Å². The van der Waals surface area contributed by atoms with Crippen molar-refractivity contribution in [3.63, 3.8) is 0 Å². The van der Waals surface area contributed by atoms with E-state index in [1.165, 1.54) is 4.70 Å². The molecule has 1 aromatic carbocycles. The van der Waals surface area contributed by atoms with Gasteiger partial charge in [0, 0.05) is 18.8 Å². The molecule has 3 heteroatoms. The summed E-state index contributed by atoms with van der Waals surface area (Å²) in [5.41, 5.74) is 1.36. The number of fused-ring (bicyclic) bond motifs is 1. The molecule has 1 saturated carbocycles. The van der Waals surface area contributed by atoms with Gasteiger partial charge in [-0.05, 0) is 36.3 Å². The standard InChI is InChI=1S/C18H23NOS/c1-18(2,3)13-8-9-15(20)12(10-13)11-17-19-14-6-4-5-7-16(14)21-17/h4-7,12-13H,8-11H2,1-3H3.